The minimum absolute atomic E-state index is 0.270. The Morgan fingerprint density at radius 3 is 3.45 bits per heavy atom. The molecule has 1 atom stereocenters. The molecule has 2 aliphatic rings. The highest BCUT2D eigenvalue weighted by Crippen LogP contribution is 2.12. The fourth-order valence-corrected chi connectivity index (χ4v) is 1.48. The summed E-state index contributed by atoms with van der Waals surface area (Å²) in [6.07, 6.45) is 3.38. The second-order valence-electron chi connectivity index (χ2n) is 3.03. The average Bonchev–Trinajstić information content (AvgIpc) is 2.04. The lowest BCUT2D eigenvalue weighted by Crippen LogP contribution is -2.37. The molecule has 0 amide bonds. The molecular weight excluding hydrogens is 138 g/mol. The number of hydrogen-bond acceptors (Lipinski definition) is 3. The standard InChI is InChI=1S/C8H13N3/c1-6-10-5-7-4-9-3-2-8(7)11-6/h5-6,9,11H,2-4H2,1H3. The molecule has 0 aliphatic carbocycles. The van der Waals surface area contributed by atoms with Crippen molar-refractivity contribution in [1.82, 2.24) is 10.6 Å². The first-order valence-corrected chi connectivity index (χ1v) is 4.09. The van der Waals surface area contributed by atoms with Crippen molar-refractivity contribution in [2.45, 2.75) is 19.5 Å². The molecule has 2 aliphatic heterocycles. The summed E-state index contributed by atoms with van der Waals surface area (Å²) < 4.78 is 0. The van der Waals surface area contributed by atoms with Crippen LogP contribution in [0.5, 0.6) is 0 Å². The van der Waals surface area contributed by atoms with Gasteiger partial charge in [0.15, 0.2) is 0 Å². The first kappa shape index (κ1) is 6.85. The maximum atomic E-state index is 4.28. The molecule has 0 aromatic carbocycles. The SMILES string of the molecule is CC1N=CC2=C(CCNC2)N1. The lowest BCUT2D eigenvalue weighted by molar-refractivity contribution is 0.566. The molecule has 3 heteroatoms. The van der Waals surface area contributed by atoms with Crippen LogP contribution in [-0.2, 0) is 0 Å². The summed E-state index contributed by atoms with van der Waals surface area (Å²) in [4.78, 5) is 4.28. The van der Waals surface area contributed by atoms with Gasteiger partial charge >= 0.3 is 0 Å². The van der Waals surface area contributed by atoms with Gasteiger partial charge in [-0.2, -0.15) is 0 Å². The quantitative estimate of drug-likeness (QED) is 0.521. The van der Waals surface area contributed by atoms with Crippen LogP contribution in [0.15, 0.2) is 16.3 Å². The Kier molecular flexibility index (Phi) is 1.66. The Balaban J connectivity index is 2.20. The van der Waals surface area contributed by atoms with Crippen LogP contribution in [0.25, 0.3) is 0 Å². The predicted molar refractivity (Wildman–Crippen MR) is 45.6 cm³/mol. The van der Waals surface area contributed by atoms with E-state index in [2.05, 4.69) is 22.5 Å². The van der Waals surface area contributed by atoms with Crippen LogP contribution in [0.2, 0.25) is 0 Å². The molecule has 0 saturated heterocycles. The molecule has 3 nitrogen and oxygen atoms in total. The Morgan fingerprint density at radius 2 is 2.55 bits per heavy atom. The van der Waals surface area contributed by atoms with Crippen LogP contribution in [0.1, 0.15) is 13.3 Å². The van der Waals surface area contributed by atoms with Gasteiger partial charge in [-0.25, -0.2) is 0 Å². The van der Waals surface area contributed by atoms with Crippen molar-refractivity contribution in [2.24, 2.45) is 4.99 Å². The first-order chi connectivity index (χ1) is 5.36. The van der Waals surface area contributed by atoms with Crippen molar-refractivity contribution in [3.8, 4) is 0 Å². The fraction of sp³-hybridized carbons (Fsp3) is 0.625. The first-order valence-electron chi connectivity index (χ1n) is 4.09. The normalized spacial score (nSPS) is 29.7. The molecule has 11 heavy (non-hydrogen) atoms. The molecule has 0 fully saturated rings. The van der Waals surface area contributed by atoms with Gasteiger partial charge in [0.05, 0.1) is 0 Å². The van der Waals surface area contributed by atoms with E-state index >= 15 is 0 Å². The largest absolute Gasteiger partial charge is 0.367 e. The van der Waals surface area contributed by atoms with Crippen LogP contribution in [0, 0.1) is 0 Å². The molecular formula is C8H13N3. The maximum Gasteiger partial charge on any atom is 0.115 e. The van der Waals surface area contributed by atoms with E-state index in [0.717, 1.165) is 19.5 Å². The van der Waals surface area contributed by atoms with Gasteiger partial charge in [0.2, 0.25) is 0 Å². The van der Waals surface area contributed by atoms with E-state index < -0.39 is 0 Å². The number of nitrogens with zero attached hydrogens (tertiary/aromatic N) is 1. The smallest absolute Gasteiger partial charge is 0.115 e. The van der Waals surface area contributed by atoms with Crippen molar-refractivity contribution in [1.29, 1.82) is 0 Å². The van der Waals surface area contributed by atoms with Crippen molar-refractivity contribution in [2.75, 3.05) is 13.1 Å². The average molecular weight is 151 g/mol. The van der Waals surface area contributed by atoms with E-state index in [0.29, 0.717) is 0 Å². The van der Waals surface area contributed by atoms with E-state index in [1.807, 2.05) is 6.21 Å². The third-order valence-electron chi connectivity index (χ3n) is 2.09. The highest BCUT2D eigenvalue weighted by molar-refractivity contribution is 5.81. The molecule has 0 saturated carbocycles. The van der Waals surface area contributed by atoms with Gasteiger partial charge in [-0.15, -0.1) is 0 Å². The van der Waals surface area contributed by atoms with Gasteiger partial charge in [-0.05, 0) is 6.92 Å². The van der Waals surface area contributed by atoms with Crippen LogP contribution in [0.3, 0.4) is 0 Å². The highest BCUT2D eigenvalue weighted by atomic mass is 15.1. The zero-order chi connectivity index (χ0) is 7.68. The second-order valence-corrected chi connectivity index (χ2v) is 3.03. The van der Waals surface area contributed by atoms with E-state index in [-0.39, 0.29) is 6.17 Å². The molecule has 1 unspecified atom stereocenters. The number of rotatable bonds is 0. The van der Waals surface area contributed by atoms with Crippen LogP contribution < -0.4 is 10.6 Å². The number of hydrogen-bond donors (Lipinski definition) is 2. The van der Waals surface area contributed by atoms with Gasteiger partial charge in [0, 0.05) is 37.0 Å². The van der Waals surface area contributed by atoms with Crippen LogP contribution in [0.4, 0.5) is 0 Å². The van der Waals surface area contributed by atoms with Gasteiger partial charge in [-0.3, -0.25) is 4.99 Å². The van der Waals surface area contributed by atoms with Crippen molar-refractivity contribution in [3.63, 3.8) is 0 Å². The predicted octanol–water partition coefficient (Wildman–Crippen LogP) is 0.254. The lowest BCUT2D eigenvalue weighted by atomic mass is 10.1. The Hall–Kier alpha value is -0.830. The van der Waals surface area contributed by atoms with E-state index in [4.69, 9.17) is 0 Å². The third-order valence-corrected chi connectivity index (χ3v) is 2.09. The monoisotopic (exact) mass is 151 g/mol. The van der Waals surface area contributed by atoms with E-state index in [1.54, 1.807) is 0 Å². The Bertz CT molecular complexity index is 217. The molecule has 0 radical (unpaired) electrons. The van der Waals surface area contributed by atoms with Gasteiger partial charge in [0.25, 0.3) is 0 Å². The van der Waals surface area contributed by atoms with E-state index in [9.17, 15) is 0 Å². The third kappa shape index (κ3) is 1.28. The summed E-state index contributed by atoms with van der Waals surface area (Å²) in [5.41, 5.74) is 2.71. The summed E-state index contributed by atoms with van der Waals surface area (Å²) in [5.74, 6) is 0. The number of nitrogens with one attached hydrogen (secondary N) is 2. The fourth-order valence-electron chi connectivity index (χ4n) is 1.48. The molecule has 0 bridgehead atoms. The van der Waals surface area contributed by atoms with Crippen molar-refractivity contribution in [3.05, 3.63) is 11.3 Å². The van der Waals surface area contributed by atoms with Gasteiger partial charge in [0.1, 0.15) is 6.17 Å². The molecule has 2 rings (SSSR count). The lowest BCUT2D eigenvalue weighted by Gasteiger charge is -2.25. The van der Waals surface area contributed by atoms with Crippen LogP contribution >= 0.6 is 0 Å². The summed E-state index contributed by atoms with van der Waals surface area (Å²) in [7, 11) is 0. The molecule has 2 N–H and O–H groups in total. The molecule has 0 aromatic rings. The molecule has 60 valence electrons. The highest BCUT2D eigenvalue weighted by Gasteiger charge is 2.15. The summed E-state index contributed by atoms with van der Waals surface area (Å²) in [6, 6.07) is 0. The minimum Gasteiger partial charge on any atom is -0.367 e. The molecule has 2 heterocycles. The summed E-state index contributed by atoms with van der Waals surface area (Å²) >= 11 is 0. The van der Waals surface area contributed by atoms with Gasteiger partial charge < -0.3 is 10.6 Å². The van der Waals surface area contributed by atoms with Crippen molar-refractivity contribution >= 4 is 6.21 Å². The topological polar surface area (TPSA) is 36.4 Å². The zero-order valence-corrected chi connectivity index (χ0v) is 6.72. The van der Waals surface area contributed by atoms with E-state index in [1.165, 1.54) is 11.3 Å². The van der Waals surface area contributed by atoms with Crippen LogP contribution in [-0.4, -0.2) is 25.5 Å². The zero-order valence-electron chi connectivity index (χ0n) is 6.72. The molecule has 0 aromatic heterocycles. The Morgan fingerprint density at radius 1 is 1.64 bits per heavy atom. The Labute approximate surface area is 66.6 Å². The number of aliphatic imine (C=N–C) groups is 1. The maximum absolute atomic E-state index is 4.28. The second kappa shape index (κ2) is 2.66. The molecule has 0 spiro atoms. The van der Waals surface area contributed by atoms with Crippen molar-refractivity contribution < 1.29 is 0 Å². The summed E-state index contributed by atoms with van der Waals surface area (Å²) in [5, 5.41) is 6.67. The van der Waals surface area contributed by atoms with Gasteiger partial charge in [-0.1, -0.05) is 0 Å². The minimum atomic E-state index is 0.270. The summed E-state index contributed by atoms with van der Waals surface area (Å²) in [6.45, 7) is 4.13.